The maximum atomic E-state index is 12.8. The molecule has 1 aliphatic rings. The van der Waals surface area contributed by atoms with E-state index in [0.29, 0.717) is 51.3 Å². The number of hydrogen-bond donors (Lipinski definition) is 1. The van der Waals surface area contributed by atoms with Crippen LogP contribution in [-0.4, -0.2) is 66.9 Å². The number of hydrogen-bond acceptors (Lipinski definition) is 7. The van der Waals surface area contributed by atoms with Crippen molar-refractivity contribution in [1.29, 1.82) is 0 Å². The summed E-state index contributed by atoms with van der Waals surface area (Å²) in [5.41, 5.74) is 2.23. The first-order valence-corrected chi connectivity index (χ1v) is 10.7. The van der Waals surface area contributed by atoms with E-state index < -0.39 is 11.9 Å². The Bertz CT molecular complexity index is 1010. The number of fused-ring (bicyclic) bond motifs is 1. The van der Waals surface area contributed by atoms with Crippen LogP contribution in [0, 0.1) is 0 Å². The van der Waals surface area contributed by atoms with E-state index in [0.717, 1.165) is 23.9 Å². The van der Waals surface area contributed by atoms with Crippen molar-refractivity contribution in [2.45, 2.75) is 31.7 Å². The molecule has 0 bridgehead atoms. The van der Waals surface area contributed by atoms with Gasteiger partial charge in [0.05, 0.1) is 37.5 Å². The number of aryl methyl sites for hydroxylation is 2. The van der Waals surface area contributed by atoms with Gasteiger partial charge in [-0.05, 0) is 37.0 Å². The van der Waals surface area contributed by atoms with Crippen LogP contribution in [0.4, 0.5) is 0 Å². The molecule has 3 rings (SSSR count). The van der Waals surface area contributed by atoms with Crippen molar-refractivity contribution in [1.82, 2.24) is 14.5 Å². The van der Waals surface area contributed by atoms with Gasteiger partial charge in [-0.2, -0.15) is 0 Å². The van der Waals surface area contributed by atoms with Gasteiger partial charge in [0.2, 0.25) is 11.8 Å². The van der Waals surface area contributed by atoms with Gasteiger partial charge in [0.1, 0.15) is 18.9 Å². The lowest BCUT2D eigenvalue weighted by molar-refractivity contribution is -0.135. The van der Waals surface area contributed by atoms with Crippen molar-refractivity contribution >= 4 is 29.1 Å². The lowest BCUT2D eigenvalue weighted by Crippen LogP contribution is -2.44. The quantitative estimate of drug-likeness (QED) is 0.270. The molecule has 174 valence electrons. The van der Waals surface area contributed by atoms with Crippen molar-refractivity contribution in [3.8, 4) is 0 Å². The van der Waals surface area contributed by atoms with Crippen LogP contribution < -0.4 is 11.0 Å². The van der Waals surface area contributed by atoms with Crippen molar-refractivity contribution in [2.24, 2.45) is 7.05 Å². The van der Waals surface area contributed by atoms with Crippen LogP contribution >= 0.6 is 0 Å². The van der Waals surface area contributed by atoms with Crippen LogP contribution in [0.2, 0.25) is 0 Å². The van der Waals surface area contributed by atoms with Crippen LogP contribution in [0.1, 0.15) is 30.9 Å². The normalized spacial score (nSPS) is 16.5. The largest absolute Gasteiger partial charge is 0.379 e. The molecule has 1 atom stereocenters. The SMILES string of the molecule is Cn1c(=O)n(C2CCC(=O)NC2=O)c2ccc(CCCOCCOCCOCC=O)cc21. The van der Waals surface area contributed by atoms with E-state index in [1.807, 2.05) is 18.2 Å². The molecule has 1 aromatic heterocycles. The van der Waals surface area contributed by atoms with Crippen LogP contribution in [0.15, 0.2) is 23.0 Å². The van der Waals surface area contributed by atoms with Crippen LogP contribution in [0.25, 0.3) is 11.0 Å². The molecule has 1 saturated heterocycles. The fourth-order valence-electron chi connectivity index (χ4n) is 3.74. The molecule has 2 aromatic rings. The molecule has 1 aliphatic heterocycles. The topological polar surface area (TPSA) is 118 Å². The van der Waals surface area contributed by atoms with E-state index in [4.69, 9.17) is 14.2 Å². The molecule has 1 fully saturated rings. The average Bonchev–Trinajstić information content (AvgIpc) is 3.02. The Morgan fingerprint density at radius 1 is 1.03 bits per heavy atom. The van der Waals surface area contributed by atoms with Gasteiger partial charge < -0.3 is 19.0 Å². The van der Waals surface area contributed by atoms with Crippen molar-refractivity contribution in [3.05, 3.63) is 34.2 Å². The summed E-state index contributed by atoms with van der Waals surface area (Å²) in [6.07, 6.45) is 2.84. The highest BCUT2D eigenvalue weighted by atomic mass is 16.5. The second-order valence-corrected chi connectivity index (χ2v) is 7.57. The number of nitrogens with one attached hydrogen (secondary N) is 1. The molecule has 0 radical (unpaired) electrons. The minimum absolute atomic E-state index is 0.0848. The molecule has 1 unspecified atom stereocenters. The summed E-state index contributed by atoms with van der Waals surface area (Å²) in [6, 6.07) is 5.09. The molecule has 2 amide bonds. The summed E-state index contributed by atoms with van der Waals surface area (Å²) in [4.78, 5) is 46.6. The van der Waals surface area contributed by atoms with Gasteiger partial charge in [0, 0.05) is 20.1 Å². The highest BCUT2D eigenvalue weighted by Crippen LogP contribution is 2.24. The van der Waals surface area contributed by atoms with E-state index in [2.05, 4.69) is 5.32 Å². The number of imidazole rings is 1. The summed E-state index contributed by atoms with van der Waals surface area (Å²) < 4.78 is 18.9. The molecule has 0 saturated carbocycles. The number of ether oxygens (including phenoxy) is 3. The fourth-order valence-corrected chi connectivity index (χ4v) is 3.74. The van der Waals surface area contributed by atoms with Gasteiger partial charge in [0.25, 0.3) is 0 Å². The first-order valence-electron chi connectivity index (χ1n) is 10.7. The van der Waals surface area contributed by atoms with Crippen molar-refractivity contribution in [2.75, 3.05) is 39.6 Å². The molecule has 10 heteroatoms. The van der Waals surface area contributed by atoms with Gasteiger partial charge in [-0.25, -0.2) is 4.79 Å². The number of imide groups is 1. The number of carbonyl (C=O) groups excluding carboxylic acids is 3. The summed E-state index contributed by atoms with van der Waals surface area (Å²) in [5.74, 6) is -0.742. The Balaban J connectivity index is 1.49. The number of piperidine rings is 1. The maximum Gasteiger partial charge on any atom is 0.329 e. The molecule has 1 aromatic carbocycles. The number of nitrogens with zero attached hydrogens (tertiary/aromatic N) is 2. The Morgan fingerprint density at radius 2 is 1.75 bits per heavy atom. The molecule has 32 heavy (non-hydrogen) atoms. The molecule has 0 aliphatic carbocycles. The summed E-state index contributed by atoms with van der Waals surface area (Å²) in [6.45, 7) is 2.42. The predicted molar refractivity (Wildman–Crippen MR) is 115 cm³/mol. The molecule has 1 N–H and O–H groups in total. The second-order valence-electron chi connectivity index (χ2n) is 7.57. The monoisotopic (exact) mass is 447 g/mol. The van der Waals surface area contributed by atoms with E-state index in [1.54, 1.807) is 7.05 Å². The van der Waals surface area contributed by atoms with Crippen LogP contribution in [-0.2, 0) is 42.1 Å². The second kappa shape index (κ2) is 11.7. The van der Waals surface area contributed by atoms with E-state index in [1.165, 1.54) is 9.13 Å². The molecular formula is C22H29N3O7. The van der Waals surface area contributed by atoms with Gasteiger partial charge in [-0.3, -0.25) is 24.0 Å². The summed E-state index contributed by atoms with van der Waals surface area (Å²) >= 11 is 0. The molecule has 10 nitrogen and oxygen atoms in total. The lowest BCUT2D eigenvalue weighted by atomic mass is 10.1. The van der Waals surface area contributed by atoms with Crippen LogP contribution in [0.5, 0.6) is 0 Å². The lowest BCUT2D eigenvalue weighted by Gasteiger charge is -2.21. The summed E-state index contributed by atoms with van der Waals surface area (Å²) in [7, 11) is 1.68. The fraction of sp³-hybridized carbons (Fsp3) is 0.545. The van der Waals surface area contributed by atoms with Gasteiger partial charge >= 0.3 is 5.69 Å². The van der Waals surface area contributed by atoms with Crippen molar-refractivity contribution in [3.63, 3.8) is 0 Å². The highest BCUT2D eigenvalue weighted by molar-refractivity contribution is 6.00. The third kappa shape index (κ3) is 5.90. The predicted octanol–water partition coefficient (Wildman–Crippen LogP) is 0.499. The number of benzene rings is 1. The first-order chi connectivity index (χ1) is 15.5. The molecular weight excluding hydrogens is 418 g/mol. The number of amides is 2. The Kier molecular flexibility index (Phi) is 8.72. The van der Waals surface area contributed by atoms with Gasteiger partial charge in [0.15, 0.2) is 0 Å². The molecule has 2 heterocycles. The zero-order valence-electron chi connectivity index (χ0n) is 18.2. The first kappa shape index (κ1) is 23.8. The number of aldehydes is 1. The zero-order chi connectivity index (χ0) is 22.9. The maximum absolute atomic E-state index is 12.8. The Labute approximate surface area is 185 Å². The van der Waals surface area contributed by atoms with Gasteiger partial charge in [-0.1, -0.05) is 6.07 Å². The van der Waals surface area contributed by atoms with E-state index >= 15 is 0 Å². The smallest absolute Gasteiger partial charge is 0.329 e. The highest BCUT2D eigenvalue weighted by Gasteiger charge is 2.31. The standard InChI is InChI=1S/C22H29N3O7/c1-24-19-15-16(3-2-9-30-11-13-32-14-12-31-10-8-26)4-5-17(19)25(22(24)29)18-6-7-20(27)23-21(18)28/h4-5,8,15,18H,2-3,6-7,9-14H2,1H3,(H,23,27,28). The van der Waals surface area contributed by atoms with Crippen molar-refractivity contribution < 1.29 is 28.6 Å². The van der Waals surface area contributed by atoms with Crippen LogP contribution in [0.3, 0.4) is 0 Å². The van der Waals surface area contributed by atoms with E-state index in [9.17, 15) is 19.2 Å². The van der Waals surface area contributed by atoms with Gasteiger partial charge in [-0.15, -0.1) is 0 Å². The third-order valence-electron chi connectivity index (χ3n) is 5.36. The number of aromatic nitrogens is 2. The summed E-state index contributed by atoms with van der Waals surface area (Å²) in [5, 5.41) is 2.32. The average molecular weight is 447 g/mol. The van der Waals surface area contributed by atoms with E-state index in [-0.39, 0.29) is 24.6 Å². The third-order valence-corrected chi connectivity index (χ3v) is 5.36. The minimum atomic E-state index is -0.679. The molecule has 0 spiro atoms. The zero-order valence-corrected chi connectivity index (χ0v) is 18.2. The minimum Gasteiger partial charge on any atom is -0.379 e. The Hall–Kier alpha value is -2.82. The number of rotatable bonds is 13. The Morgan fingerprint density at radius 3 is 2.47 bits per heavy atom. The number of carbonyl (C=O) groups is 3.